The van der Waals surface area contributed by atoms with E-state index in [0.717, 1.165) is 46.3 Å². The monoisotopic (exact) mass is 732 g/mol. The number of rotatable bonds is 6. The number of nitrogens with zero attached hydrogens (tertiary/aromatic N) is 4. The van der Waals surface area contributed by atoms with Crippen molar-refractivity contribution in [1.82, 2.24) is 19.5 Å². The average molecular weight is 733 g/mol. The van der Waals surface area contributed by atoms with Crippen LogP contribution in [0.25, 0.3) is 93.7 Å². The van der Waals surface area contributed by atoms with Crippen molar-refractivity contribution >= 4 is 54.1 Å². The second-order valence-corrected chi connectivity index (χ2v) is 15.3. The van der Waals surface area contributed by atoms with Gasteiger partial charge in [0.2, 0.25) is 0 Å². The summed E-state index contributed by atoms with van der Waals surface area (Å²) in [5, 5.41) is 3.92. The smallest absolute Gasteiger partial charge is 0.164 e. The Hall–Kier alpha value is -7.13. The third-order valence-electron chi connectivity index (χ3n) is 10.8. The van der Waals surface area contributed by atoms with Gasteiger partial charge < -0.3 is 4.57 Å². The van der Waals surface area contributed by atoms with Crippen molar-refractivity contribution in [2.75, 3.05) is 0 Å². The minimum absolute atomic E-state index is 0.618. The topological polar surface area (TPSA) is 43.6 Å². The highest BCUT2D eigenvalue weighted by Crippen LogP contribution is 2.43. The molecule has 0 atom stereocenters. The molecule has 0 aliphatic heterocycles. The van der Waals surface area contributed by atoms with Crippen LogP contribution >= 0.6 is 11.3 Å². The number of aromatic nitrogens is 4. The summed E-state index contributed by atoms with van der Waals surface area (Å²) < 4.78 is 5.13. The van der Waals surface area contributed by atoms with E-state index in [0.29, 0.717) is 17.5 Å². The van der Waals surface area contributed by atoms with Crippen molar-refractivity contribution in [3.05, 3.63) is 193 Å². The Balaban J connectivity index is 1.08. The van der Waals surface area contributed by atoms with Gasteiger partial charge in [-0.15, -0.1) is 11.3 Å². The van der Waals surface area contributed by atoms with Crippen LogP contribution in [0.15, 0.2) is 164 Å². The van der Waals surface area contributed by atoms with Crippen LogP contribution < -0.4 is 0 Å². The van der Waals surface area contributed by atoms with Gasteiger partial charge in [-0.2, -0.15) is 0 Å². The normalized spacial score (nSPS) is 12.5. The molecule has 0 fully saturated rings. The van der Waals surface area contributed by atoms with Gasteiger partial charge in [-0.1, -0.05) is 121 Å². The van der Waals surface area contributed by atoms with Gasteiger partial charge in [0.05, 0.1) is 11.2 Å². The molecule has 7 aromatic carbocycles. The Morgan fingerprint density at radius 2 is 1.18 bits per heavy atom. The molecular formula is C51H32N4S. The lowest BCUT2D eigenvalue weighted by Gasteiger charge is -2.20. The number of allylic oxidation sites excluding steroid dienone is 1. The molecule has 3 aromatic heterocycles. The third kappa shape index (κ3) is 5.50. The second kappa shape index (κ2) is 13.3. The fourth-order valence-electron chi connectivity index (χ4n) is 8.19. The predicted octanol–water partition coefficient (Wildman–Crippen LogP) is 12.9. The lowest BCUT2D eigenvalue weighted by molar-refractivity contribution is 0.899. The minimum atomic E-state index is 0.618. The highest BCUT2D eigenvalue weighted by molar-refractivity contribution is 7.25. The van der Waals surface area contributed by atoms with E-state index in [4.69, 9.17) is 15.0 Å². The van der Waals surface area contributed by atoms with Gasteiger partial charge in [0.1, 0.15) is 0 Å². The van der Waals surface area contributed by atoms with Crippen LogP contribution in [0.5, 0.6) is 0 Å². The summed E-state index contributed by atoms with van der Waals surface area (Å²) in [6.07, 6.45) is 4.30. The molecule has 4 nitrogen and oxygen atoms in total. The Labute approximate surface area is 328 Å². The van der Waals surface area contributed by atoms with Crippen molar-refractivity contribution in [3.8, 4) is 51.0 Å². The summed E-state index contributed by atoms with van der Waals surface area (Å²) in [6, 6.07) is 64.0. The molecule has 10 aromatic rings. The quantitative estimate of drug-likeness (QED) is 0.171. The molecule has 56 heavy (non-hydrogen) atoms. The standard InChI is InChI=1S/C51H32N4S/c1-4-14-33(15-5-1)41-32-38(51-53-49(34-16-6-2-7-17-34)52-50(54-51)35-18-8-3-9-19-35)25-28-45(41)55-44-22-12-10-20-39(44)42-30-36(24-27-46(42)55)37-26-29-48-43(31-37)40-21-11-13-23-47(40)56-48/h1-4,6-14,16-23,25-26,28-32H,24,27H2. The van der Waals surface area contributed by atoms with E-state index >= 15 is 0 Å². The van der Waals surface area contributed by atoms with Gasteiger partial charge in [-0.25, -0.2) is 15.0 Å². The van der Waals surface area contributed by atoms with Crippen molar-refractivity contribution in [2.45, 2.75) is 12.8 Å². The molecule has 1 aliphatic rings. The van der Waals surface area contributed by atoms with Crippen LogP contribution in [0.2, 0.25) is 0 Å². The zero-order valence-electron chi connectivity index (χ0n) is 30.3. The Morgan fingerprint density at radius 1 is 0.518 bits per heavy atom. The van der Waals surface area contributed by atoms with Crippen molar-refractivity contribution in [3.63, 3.8) is 0 Å². The van der Waals surface area contributed by atoms with E-state index in [1.54, 1.807) is 0 Å². The van der Waals surface area contributed by atoms with Crippen LogP contribution in [-0.2, 0) is 6.42 Å². The summed E-state index contributed by atoms with van der Waals surface area (Å²) in [6.45, 7) is 0. The highest BCUT2D eigenvalue weighted by Gasteiger charge is 2.24. The zero-order chi connectivity index (χ0) is 37.0. The predicted molar refractivity (Wildman–Crippen MR) is 232 cm³/mol. The molecule has 0 radical (unpaired) electrons. The molecule has 0 unspecified atom stereocenters. The number of thiophene rings is 1. The first-order valence-corrected chi connectivity index (χ1v) is 19.7. The molecule has 3 heterocycles. The highest BCUT2D eigenvalue weighted by atomic mass is 32.1. The van der Waals surface area contributed by atoms with Gasteiger partial charge in [-0.3, -0.25) is 0 Å². The number of fused-ring (bicyclic) bond motifs is 6. The number of hydrogen-bond donors (Lipinski definition) is 0. The number of para-hydroxylation sites is 1. The van der Waals surface area contributed by atoms with E-state index in [1.165, 1.54) is 53.5 Å². The van der Waals surface area contributed by atoms with Gasteiger partial charge in [0.25, 0.3) is 0 Å². The number of benzene rings is 6. The molecular weight excluding hydrogens is 701 g/mol. The van der Waals surface area contributed by atoms with Crippen LogP contribution in [0.3, 0.4) is 0 Å². The first kappa shape index (κ1) is 32.3. The molecule has 0 saturated heterocycles. The van der Waals surface area contributed by atoms with E-state index in [1.807, 2.05) is 84.1 Å². The third-order valence-corrected chi connectivity index (χ3v) is 12.0. The molecule has 5 heteroatoms. The van der Waals surface area contributed by atoms with E-state index in [-0.39, 0.29) is 0 Å². The summed E-state index contributed by atoms with van der Waals surface area (Å²) >= 11 is 1.87. The maximum absolute atomic E-state index is 5.06. The van der Waals surface area contributed by atoms with E-state index < -0.39 is 0 Å². The fourth-order valence-corrected chi connectivity index (χ4v) is 9.27. The van der Waals surface area contributed by atoms with Gasteiger partial charge in [-0.05, 0) is 84.7 Å². The molecule has 0 saturated carbocycles. The first-order valence-electron chi connectivity index (χ1n) is 18.9. The fraction of sp³-hybridized carbons (Fsp3) is 0.0392. The van der Waals surface area contributed by atoms with Crippen molar-refractivity contribution in [2.24, 2.45) is 0 Å². The van der Waals surface area contributed by atoms with Gasteiger partial charge in [0, 0.05) is 64.6 Å². The summed E-state index contributed by atoms with van der Waals surface area (Å²) in [5.41, 5.74) is 12.3. The van der Waals surface area contributed by atoms with Crippen LogP contribution in [0.4, 0.5) is 0 Å². The molecule has 0 amide bonds. The van der Waals surface area contributed by atoms with E-state index in [9.17, 15) is 0 Å². The van der Waals surface area contributed by atoms with Gasteiger partial charge >= 0.3 is 0 Å². The molecule has 262 valence electrons. The Kier molecular flexibility index (Phi) is 7.68. The zero-order valence-corrected chi connectivity index (χ0v) is 31.1. The van der Waals surface area contributed by atoms with Crippen molar-refractivity contribution < 1.29 is 0 Å². The SMILES string of the molecule is c1cccc(-c2cc(-c3nc(-c4ccccc4)nc(-c4ccccc4)n3)ccc2-n2c3c(c4ccccc42)C=C(c2ccc4sc5ccccc5c4c2)CC3)c#1. The average Bonchev–Trinajstić information content (AvgIpc) is 3.82. The summed E-state index contributed by atoms with van der Waals surface area (Å²) in [5.74, 6) is 1.89. The Bertz CT molecular complexity index is 3070. The largest absolute Gasteiger partial charge is 0.312 e. The van der Waals surface area contributed by atoms with Crippen molar-refractivity contribution in [1.29, 1.82) is 0 Å². The molecule has 1 aliphatic carbocycles. The van der Waals surface area contributed by atoms with Crippen LogP contribution in [-0.4, -0.2) is 19.5 Å². The maximum atomic E-state index is 5.06. The lowest BCUT2D eigenvalue weighted by Crippen LogP contribution is -2.07. The van der Waals surface area contributed by atoms with Crippen LogP contribution in [0.1, 0.15) is 23.2 Å². The Morgan fingerprint density at radius 3 is 1.93 bits per heavy atom. The van der Waals surface area contributed by atoms with E-state index in [2.05, 4.69) is 114 Å². The molecule has 0 N–H and O–H groups in total. The number of hydrogen-bond acceptors (Lipinski definition) is 4. The lowest BCUT2D eigenvalue weighted by atomic mass is 9.90. The molecule has 0 spiro atoms. The summed E-state index contributed by atoms with van der Waals surface area (Å²) in [4.78, 5) is 15.1. The van der Waals surface area contributed by atoms with Crippen LogP contribution in [0, 0.1) is 12.1 Å². The molecule has 11 rings (SSSR count). The minimum Gasteiger partial charge on any atom is -0.312 e. The maximum Gasteiger partial charge on any atom is 0.164 e. The first-order chi connectivity index (χ1) is 27.7. The second-order valence-electron chi connectivity index (χ2n) is 14.2. The summed E-state index contributed by atoms with van der Waals surface area (Å²) in [7, 11) is 0. The molecule has 0 bridgehead atoms. The van der Waals surface area contributed by atoms with Gasteiger partial charge in [0.15, 0.2) is 17.5 Å².